The second-order valence-corrected chi connectivity index (χ2v) is 8.06. The summed E-state index contributed by atoms with van der Waals surface area (Å²) in [5.41, 5.74) is 3.68. The fraction of sp³-hybridized carbons (Fsp3) is 0.400. The first-order chi connectivity index (χ1) is 14.5. The monoisotopic (exact) mass is 408 g/mol. The highest BCUT2D eigenvalue weighted by atomic mass is 16.5. The molecule has 1 heterocycles. The molecule has 1 fully saturated rings. The van der Waals surface area contributed by atoms with Gasteiger partial charge in [-0.2, -0.15) is 0 Å². The summed E-state index contributed by atoms with van der Waals surface area (Å²) < 4.78 is 23.2. The summed E-state index contributed by atoms with van der Waals surface area (Å²) in [4.78, 5) is 13.0. The van der Waals surface area contributed by atoms with Crippen LogP contribution in [0.2, 0.25) is 0 Å². The van der Waals surface area contributed by atoms with E-state index in [0.717, 1.165) is 12.8 Å². The summed E-state index contributed by atoms with van der Waals surface area (Å²) >= 11 is 0. The lowest BCUT2D eigenvalue weighted by atomic mass is 9.80. The number of benzene rings is 2. The molecule has 4 rings (SSSR count). The first-order valence-electron chi connectivity index (χ1n) is 10.4. The van der Waals surface area contributed by atoms with Gasteiger partial charge in [0.05, 0.1) is 25.7 Å². The van der Waals surface area contributed by atoms with Gasteiger partial charge in [0.15, 0.2) is 11.5 Å². The number of Topliss-reactive ketones (excluding diaryl/α,β-unsaturated/α-hetero) is 1. The summed E-state index contributed by atoms with van der Waals surface area (Å²) in [6, 6.07) is 13.7. The van der Waals surface area contributed by atoms with Gasteiger partial charge >= 0.3 is 0 Å². The molecule has 3 unspecified atom stereocenters. The van der Waals surface area contributed by atoms with Gasteiger partial charge in [-0.1, -0.05) is 35.9 Å². The van der Waals surface area contributed by atoms with Gasteiger partial charge in [0, 0.05) is 6.42 Å². The first kappa shape index (κ1) is 20.5. The molecule has 0 amide bonds. The molecule has 0 radical (unpaired) electrons. The summed E-state index contributed by atoms with van der Waals surface area (Å²) in [5.74, 6) is 1.12. The minimum Gasteiger partial charge on any atom is -0.493 e. The Morgan fingerprint density at radius 1 is 1.07 bits per heavy atom. The van der Waals surface area contributed by atoms with E-state index < -0.39 is 0 Å². The molecule has 158 valence electrons. The fourth-order valence-corrected chi connectivity index (χ4v) is 4.14. The van der Waals surface area contributed by atoms with Gasteiger partial charge in [-0.15, -0.1) is 0 Å². The molecule has 30 heavy (non-hydrogen) atoms. The number of carbonyl (C=O) groups is 1. The van der Waals surface area contributed by atoms with Crippen LogP contribution in [0.3, 0.4) is 0 Å². The van der Waals surface area contributed by atoms with Gasteiger partial charge < -0.3 is 18.9 Å². The number of aryl methyl sites for hydroxylation is 2. The molecule has 0 bridgehead atoms. The Hall–Kier alpha value is -2.79. The Kier molecular flexibility index (Phi) is 6.09. The summed E-state index contributed by atoms with van der Waals surface area (Å²) in [7, 11) is 1.57. The van der Waals surface area contributed by atoms with E-state index in [1.807, 2.05) is 12.1 Å². The number of carbonyl (C=O) groups excluding carboxylic acids is 1. The molecule has 2 aromatic rings. The third-order valence-electron chi connectivity index (χ3n) is 5.94. The Balaban J connectivity index is 1.38. The van der Waals surface area contributed by atoms with E-state index in [9.17, 15) is 4.79 Å². The number of methoxy groups -OCH3 is 1. The molecule has 1 saturated carbocycles. The van der Waals surface area contributed by atoms with Crippen LogP contribution in [0.5, 0.6) is 11.5 Å². The molecule has 3 atom stereocenters. The molecule has 0 aromatic heterocycles. The van der Waals surface area contributed by atoms with Crippen LogP contribution in [-0.2, 0) is 20.9 Å². The quantitative estimate of drug-likeness (QED) is 0.681. The maximum atomic E-state index is 13.0. The first-order valence-corrected chi connectivity index (χ1v) is 10.4. The molecule has 5 nitrogen and oxygen atoms in total. The standard InChI is InChI=1S/C25H28O5/c1-16-8-9-17(2)18(12-16)14-28-19-10-11-20-23(13-19)29-15-24(25(20)26)30-22-7-5-4-6-21(22)27-3/h4-9,12,15,19-20,23H,10-11,13-14H2,1-3H3. The normalized spacial score (nSPS) is 23.2. The van der Waals surface area contributed by atoms with Crippen molar-refractivity contribution in [2.75, 3.05) is 7.11 Å². The Morgan fingerprint density at radius 2 is 1.87 bits per heavy atom. The number of ketones is 1. The maximum absolute atomic E-state index is 13.0. The maximum Gasteiger partial charge on any atom is 0.208 e. The lowest BCUT2D eigenvalue weighted by molar-refractivity contribution is -0.134. The van der Waals surface area contributed by atoms with E-state index in [-0.39, 0.29) is 29.7 Å². The molecule has 0 N–H and O–H groups in total. The molecular weight excluding hydrogens is 380 g/mol. The van der Waals surface area contributed by atoms with Gasteiger partial charge in [0.1, 0.15) is 12.4 Å². The lowest BCUT2D eigenvalue weighted by Gasteiger charge is -2.37. The molecule has 2 aliphatic rings. The van der Waals surface area contributed by atoms with Gasteiger partial charge in [-0.05, 0) is 49.9 Å². The lowest BCUT2D eigenvalue weighted by Crippen LogP contribution is -2.42. The number of hydrogen-bond acceptors (Lipinski definition) is 5. The largest absolute Gasteiger partial charge is 0.493 e. The van der Waals surface area contributed by atoms with Crippen molar-refractivity contribution in [3.8, 4) is 11.5 Å². The zero-order chi connectivity index (χ0) is 21.1. The average molecular weight is 408 g/mol. The van der Waals surface area contributed by atoms with Crippen molar-refractivity contribution < 1.29 is 23.7 Å². The molecular formula is C25H28O5. The number of rotatable bonds is 6. The predicted octanol–water partition coefficient (Wildman–Crippen LogP) is 4.89. The van der Waals surface area contributed by atoms with Crippen molar-refractivity contribution in [1.29, 1.82) is 0 Å². The zero-order valence-electron chi connectivity index (χ0n) is 17.7. The molecule has 0 saturated heterocycles. The van der Waals surface area contributed by atoms with E-state index in [1.165, 1.54) is 23.0 Å². The van der Waals surface area contributed by atoms with E-state index in [2.05, 4.69) is 32.0 Å². The van der Waals surface area contributed by atoms with Crippen molar-refractivity contribution in [3.63, 3.8) is 0 Å². The zero-order valence-corrected chi connectivity index (χ0v) is 17.7. The van der Waals surface area contributed by atoms with Crippen LogP contribution in [0.1, 0.15) is 36.0 Å². The topological polar surface area (TPSA) is 54.0 Å². The fourth-order valence-electron chi connectivity index (χ4n) is 4.14. The summed E-state index contributed by atoms with van der Waals surface area (Å²) in [5, 5.41) is 0. The summed E-state index contributed by atoms with van der Waals surface area (Å²) in [6.07, 6.45) is 3.64. The van der Waals surface area contributed by atoms with Crippen molar-refractivity contribution in [2.24, 2.45) is 5.92 Å². The van der Waals surface area contributed by atoms with E-state index in [0.29, 0.717) is 24.5 Å². The van der Waals surface area contributed by atoms with Crippen LogP contribution in [0.25, 0.3) is 0 Å². The Labute approximate surface area is 177 Å². The number of fused-ring (bicyclic) bond motifs is 1. The Bertz CT molecular complexity index is 948. The number of allylic oxidation sites excluding steroid dienone is 1. The smallest absolute Gasteiger partial charge is 0.208 e. The van der Waals surface area contributed by atoms with Gasteiger partial charge in [0.25, 0.3) is 0 Å². The SMILES string of the molecule is COc1ccccc1OC1=COC2CC(OCc3cc(C)ccc3C)CCC2C1=O. The van der Waals surface area contributed by atoms with Crippen LogP contribution in [0.4, 0.5) is 0 Å². The molecule has 1 aliphatic carbocycles. The van der Waals surface area contributed by atoms with Crippen molar-refractivity contribution in [2.45, 2.75) is 51.9 Å². The highest BCUT2D eigenvalue weighted by Gasteiger charge is 2.41. The number of ether oxygens (including phenoxy) is 4. The van der Waals surface area contributed by atoms with Gasteiger partial charge in [0.2, 0.25) is 11.5 Å². The van der Waals surface area contributed by atoms with E-state index in [4.69, 9.17) is 18.9 Å². The van der Waals surface area contributed by atoms with Crippen LogP contribution in [0, 0.1) is 19.8 Å². The minimum absolute atomic E-state index is 0.00913. The number of hydrogen-bond donors (Lipinski definition) is 0. The third-order valence-corrected chi connectivity index (χ3v) is 5.94. The predicted molar refractivity (Wildman–Crippen MR) is 113 cm³/mol. The van der Waals surface area contributed by atoms with Crippen LogP contribution < -0.4 is 9.47 Å². The van der Waals surface area contributed by atoms with Crippen LogP contribution in [0.15, 0.2) is 54.5 Å². The molecule has 5 heteroatoms. The van der Waals surface area contributed by atoms with E-state index in [1.54, 1.807) is 19.2 Å². The molecule has 1 aliphatic heterocycles. The van der Waals surface area contributed by atoms with Crippen molar-refractivity contribution >= 4 is 5.78 Å². The van der Waals surface area contributed by atoms with Crippen LogP contribution in [-0.4, -0.2) is 25.1 Å². The van der Waals surface area contributed by atoms with Crippen LogP contribution >= 0.6 is 0 Å². The highest BCUT2D eigenvalue weighted by molar-refractivity contribution is 5.96. The van der Waals surface area contributed by atoms with Gasteiger partial charge in [-0.3, -0.25) is 4.79 Å². The van der Waals surface area contributed by atoms with Crippen molar-refractivity contribution in [1.82, 2.24) is 0 Å². The van der Waals surface area contributed by atoms with Gasteiger partial charge in [-0.25, -0.2) is 0 Å². The average Bonchev–Trinajstić information content (AvgIpc) is 2.76. The highest BCUT2D eigenvalue weighted by Crippen LogP contribution is 2.36. The van der Waals surface area contributed by atoms with Crippen molar-refractivity contribution in [3.05, 3.63) is 71.2 Å². The second-order valence-electron chi connectivity index (χ2n) is 8.06. The molecule has 2 aromatic carbocycles. The summed E-state index contributed by atoms with van der Waals surface area (Å²) in [6.45, 7) is 4.78. The Morgan fingerprint density at radius 3 is 2.67 bits per heavy atom. The third kappa shape index (κ3) is 4.36. The second kappa shape index (κ2) is 8.92. The number of para-hydroxylation sites is 2. The molecule has 0 spiro atoms. The van der Waals surface area contributed by atoms with E-state index >= 15 is 0 Å². The minimum atomic E-state index is -0.194.